The van der Waals surface area contributed by atoms with Crippen LogP contribution in [0.3, 0.4) is 0 Å². The minimum Gasteiger partial charge on any atom is -0.497 e. The Labute approximate surface area is 131 Å². The molecule has 2 heterocycles. The predicted octanol–water partition coefficient (Wildman–Crippen LogP) is 3.01. The van der Waals surface area contributed by atoms with Crippen LogP contribution in [0.15, 0.2) is 24.3 Å². The summed E-state index contributed by atoms with van der Waals surface area (Å²) in [5.41, 5.74) is 2.26. The monoisotopic (exact) mass is 301 g/mol. The van der Waals surface area contributed by atoms with E-state index < -0.39 is 0 Å². The molecule has 0 saturated heterocycles. The van der Waals surface area contributed by atoms with E-state index in [1.807, 2.05) is 13.0 Å². The minimum absolute atomic E-state index is 0.828. The van der Waals surface area contributed by atoms with E-state index in [9.17, 15) is 0 Å². The van der Waals surface area contributed by atoms with Gasteiger partial charge < -0.3 is 14.4 Å². The number of methoxy groups -OCH3 is 2. The first-order valence-corrected chi connectivity index (χ1v) is 7.71. The Hall–Kier alpha value is -2.17. The van der Waals surface area contributed by atoms with E-state index >= 15 is 0 Å². The smallest absolute Gasteiger partial charge is 0.127 e. The van der Waals surface area contributed by atoms with Crippen molar-refractivity contribution in [2.24, 2.45) is 0 Å². The minimum atomic E-state index is 0.828. The summed E-state index contributed by atoms with van der Waals surface area (Å²) in [6, 6.07) is 8.21. The fraction of sp³-hybridized carbons (Fsp3) is 0.471. The third kappa shape index (κ3) is 3.03. The number of benzene rings is 1. The van der Waals surface area contributed by atoms with Gasteiger partial charge in [0, 0.05) is 31.8 Å². The van der Waals surface area contributed by atoms with Gasteiger partial charge in [-0.25, -0.2) is 4.68 Å². The summed E-state index contributed by atoms with van der Waals surface area (Å²) in [6.07, 6.45) is 2.36. The molecule has 1 aliphatic rings. The van der Waals surface area contributed by atoms with Crippen molar-refractivity contribution in [2.75, 3.05) is 25.7 Å². The van der Waals surface area contributed by atoms with Crippen molar-refractivity contribution in [1.82, 2.24) is 9.78 Å². The fourth-order valence-corrected chi connectivity index (χ4v) is 2.97. The number of hydrogen-bond acceptors (Lipinski definition) is 4. The molecule has 0 fully saturated rings. The van der Waals surface area contributed by atoms with Gasteiger partial charge in [0.2, 0.25) is 0 Å². The van der Waals surface area contributed by atoms with Crippen molar-refractivity contribution < 1.29 is 9.47 Å². The molecule has 1 aromatic carbocycles. The van der Waals surface area contributed by atoms with Gasteiger partial charge >= 0.3 is 0 Å². The summed E-state index contributed by atoms with van der Waals surface area (Å²) in [5, 5.41) is 4.60. The van der Waals surface area contributed by atoms with Crippen LogP contribution in [-0.4, -0.2) is 30.5 Å². The molecule has 0 atom stereocenters. The third-order valence-electron chi connectivity index (χ3n) is 4.04. The largest absolute Gasteiger partial charge is 0.497 e. The highest BCUT2D eigenvalue weighted by Gasteiger charge is 2.17. The van der Waals surface area contributed by atoms with E-state index in [0.29, 0.717) is 0 Å². The Morgan fingerprint density at radius 2 is 1.68 bits per heavy atom. The quantitative estimate of drug-likeness (QED) is 0.870. The summed E-state index contributed by atoms with van der Waals surface area (Å²) in [7, 11) is 3.37. The second-order valence-corrected chi connectivity index (χ2v) is 5.72. The lowest BCUT2D eigenvalue weighted by Gasteiger charge is -2.23. The molecule has 0 spiro atoms. The number of aryl methyl sites for hydroxylation is 2. The van der Waals surface area contributed by atoms with Crippen molar-refractivity contribution >= 4 is 5.82 Å². The standard InChI is InChI=1S/C17H23N3O2/c1-13-8-17-19(6-4-5-7-20(17)18-13)12-14-9-15(21-2)11-16(10-14)22-3/h8-11H,4-7,12H2,1-3H3. The van der Waals surface area contributed by atoms with Crippen LogP contribution in [0.4, 0.5) is 5.82 Å². The van der Waals surface area contributed by atoms with Gasteiger partial charge in [0.05, 0.1) is 19.9 Å². The molecule has 1 aliphatic heterocycles. The first kappa shape index (κ1) is 14.8. The Morgan fingerprint density at radius 3 is 2.36 bits per heavy atom. The number of aromatic nitrogens is 2. The van der Waals surface area contributed by atoms with E-state index in [-0.39, 0.29) is 0 Å². The van der Waals surface area contributed by atoms with Crippen LogP contribution in [0.2, 0.25) is 0 Å². The third-order valence-corrected chi connectivity index (χ3v) is 4.04. The van der Waals surface area contributed by atoms with Crippen molar-refractivity contribution in [3.05, 3.63) is 35.5 Å². The fourth-order valence-electron chi connectivity index (χ4n) is 2.97. The number of nitrogens with zero attached hydrogens (tertiary/aromatic N) is 3. The SMILES string of the molecule is COc1cc(CN2CCCCn3nc(C)cc32)cc(OC)c1. The Balaban J connectivity index is 1.89. The first-order chi connectivity index (χ1) is 10.7. The second kappa shape index (κ2) is 6.30. The van der Waals surface area contributed by atoms with Crippen LogP contribution in [0.1, 0.15) is 24.1 Å². The van der Waals surface area contributed by atoms with Gasteiger partial charge in [-0.1, -0.05) is 0 Å². The maximum atomic E-state index is 5.37. The summed E-state index contributed by atoms with van der Waals surface area (Å²) in [5.74, 6) is 2.86. The van der Waals surface area contributed by atoms with Crippen LogP contribution in [0.5, 0.6) is 11.5 Å². The zero-order valence-corrected chi connectivity index (χ0v) is 13.5. The van der Waals surface area contributed by atoms with Crippen LogP contribution >= 0.6 is 0 Å². The maximum absolute atomic E-state index is 5.37. The van der Waals surface area contributed by atoms with Gasteiger partial charge in [-0.15, -0.1) is 0 Å². The molecule has 5 nitrogen and oxygen atoms in total. The normalized spacial score (nSPS) is 14.4. The summed E-state index contributed by atoms with van der Waals surface area (Å²) in [6.45, 7) is 4.93. The molecule has 0 N–H and O–H groups in total. The Morgan fingerprint density at radius 1 is 1.00 bits per heavy atom. The van der Waals surface area contributed by atoms with Crippen LogP contribution in [-0.2, 0) is 13.1 Å². The topological polar surface area (TPSA) is 39.5 Å². The predicted molar refractivity (Wildman–Crippen MR) is 86.8 cm³/mol. The van der Waals surface area contributed by atoms with E-state index in [4.69, 9.17) is 9.47 Å². The molecule has 118 valence electrons. The summed E-state index contributed by atoms with van der Waals surface area (Å²) in [4.78, 5) is 2.39. The highest BCUT2D eigenvalue weighted by molar-refractivity contribution is 5.45. The zero-order valence-electron chi connectivity index (χ0n) is 13.5. The molecular formula is C17H23N3O2. The van der Waals surface area contributed by atoms with Gasteiger partial charge in [-0.3, -0.25) is 0 Å². The molecule has 0 amide bonds. The Kier molecular flexibility index (Phi) is 4.22. The maximum Gasteiger partial charge on any atom is 0.127 e. The Bertz CT molecular complexity index is 629. The lowest BCUT2D eigenvalue weighted by Crippen LogP contribution is -2.24. The first-order valence-electron chi connectivity index (χ1n) is 7.71. The van der Waals surface area contributed by atoms with E-state index in [1.54, 1.807) is 14.2 Å². The van der Waals surface area contributed by atoms with Gasteiger partial charge in [0.15, 0.2) is 0 Å². The molecule has 0 aliphatic carbocycles. The summed E-state index contributed by atoms with van der Waals surface area (Å²) >= 11 is 0. The number of anilines is 1. The van der Waals surface area contributed by atoms with Gasteiger partial charge in [-0.2, -0.15) is 5.10 Å². The lowest BCUT2D eigenvalue weighted by molar-refractivity contribution is 0.393. The molecule has 5 heteroatoms. The molecule has 0 bridgehead atoms. The molecule has 0 radical (unpaired) electrons. The molecule has 0 unspecified atom stereocenters. The van der Waals surface area contributed by atoms with Crippen LogP contribution in [0.25, 0.3) is 0 Å². The van der Waals surface area contributed by atoms with E-state index in [2.05, 4.69) is 32.9 Å². The molecular weight excluding hydrogens is 278 g/mol. The van der Waals surface area contributed by atoms with Crippen molar-refractivity contribution in [3.8, 4) is 11.5 Å². The van der Waals surface area contributed by atoms with Crippen LogP contribution in [0, 0.1) is 6.92 Å². The van der Waals surface area contributed by atoms with Crippen molar-refractivity contribution in [2.45, 2.75) is 32.9 Å². The van der Waals surface area contributed by atoms with Crippen molar-refractivity contribution in [1.29, 1.82) is 0 Å². The zero-order chi connectivity index (χ0) is 15.5. The molecule has 22 heavy (non-hydrogen) atoms. The number of rotatable bonds is 4. The van der Waals surface area contributed by atoms with Gasteiger partial charge in [-0.05, 0) is 37.5 Å². The number of fused-ring (bicyclic) bond motifs is 1. The molecule has 3 rings (SSSR count). The van der Waals surface area contributed by atoms with E-state index in [0.717, 1.165) is 36.8 Å². The molecule has 1 aromatic heterocycles. The molecule has 2 aromatic rings. The van der Waals surface area contributed by atoms with Crippen LogP contribution < -0.4 is 14.4 Å². The average molecular weight is 301 g/mol. The van der Waals surface area contributed by atoms with Gasteiger partial charge in [0.1, 0.15) is 17.3 Å². The highest BCUT2D eigenvalue weighted by atomic mass is 16.5. The molecule has 0 saturated carbocycles. The summed E-state index contributed by atoms with van der Waals surface area (Å²) < 4.78 is 12.9. The van der Waals surface area contributed by atoms with E-state index in [1.165, 1.54) is 24.2 Å². The highest BCUT2D eigenvalue weighted by Crippen LogP contribution is 2.27. The van der Waals surface area contributed by atoms with Crippen molar-refractivity contribution in [3.63, 3.8) is 0 Å². The second-order valence-electron chi connectivity index (χ2n) is 5.72. The van der Waals surface area contributed by atoms with Gasteiger partial charge in [0.25, 0.3) is 0 Å². The number of ether oxygens (including phenoxy) is 2. The number of hydrogen-bond donors (Lipinski definition) is 0. The lowest BCUT2D eigenvalue weighted by atomic mass is 10.1. The average Bonchev–Trinajstić information content (AvgIpc) is 2.81.